The Hall–Kier alpha value is -0.570. The van der Waals surface area contributed by atoms with E-state index in [1.165, 1.54) is 0 Å². The van der Waals surface area contributed by atoms with Crippen LogP contribution in [-0.2, 0) is 10.3 Å². The molecular formula is C16H23ClO2. The Morgan fingerprint density at radius 2 is 1.95 bits per heavy atom. The zero-order valence-electron chi connectivity index (χ0n) is 12.3. The molecule has 1 saturated heterocycles. The van der Waals surface area contributed by atoms with Crippen molar-refractivity contribution in [1.29, 1.82) is 0 Å². The highest BCUT2D eigenvalue weighted by atomic mass is 35.5. The normalized spacial score (nSPS) is 28.1. The minimum atomic E-state index is -0.956. The van der Waals surface area contributed by atoms with Gasteiger partial charge in [0.25, 0.3) is 0 Å². The molecular weight excluding hydrogens is 260 g/mol. The van der Waals surface area contributed by atoms with Crippen LogP contribution in [0.25, 0.3) is 0 Å². The first kappa shape index (κ1) is 14.8. The largest absolute Gasteiger partial charge is 0.385 e. The average molecular weight is 283 g/mol. The molecule has 1 aromatic rings. The van der Waals surface area contributed by atoms with E-state index in [-0.39, 0.29) is 17.1 Å². The first-order valence-corrected chi connectivity index (χ1v) is 7.11. The Morgan fingerprint density at radius 1 is 1.32 bits per heavy atom. The van der Waals surface area contributed by atoms with Gasteiger partial charge in [-0.05, 0) is 58.7 Å². The van der Waals surface area contributed by atoms with Crippen molar-refractivity contribution in [3.05, 3.63) is 34.9 Å². The van der Waals surface area contributed by atoms with Crippen LogP contribution in [0.2, 0.25) is 5.02 Å². The Morgan fingerprint density at radius 3 is 2.42 bits per heavy atom. The molecule has 0 spiro atoms. The first-order valence-electron chi connectivity index (χ1n) is 6.73. The Labute approximate surface area is 120 Å². The van der Waals surface area contributed by atoms with Gasteiger partial charge < -0.3 is 9.84 Å². The number of hydrogen-bond donors (Lipinski definition) is 1. The van der Waals surface area contributed by atoms with E-state index in [0.29, 0.717) is 5.02 Å². The van der Waals surface area contributed by atoms with E-state index < -0.39 is 5.60 Å². The molecule has 0 radical (unpaired) electrons. The fourth-order valence-corrected chi connectivity index (χ4v) is 3.63. The zero-order chi connectivity index (χ0) is 14.5. The average Bonchev–Trinajstić information content (AvgIpc) is 2.47. The highest BCUT2D eigenvalue weighted by Gasteiger charge is 2.53. The summed E-state index contributed by atoms with van der Waals surface area (Å²) in [7, 11) is 0. The third-order valence-corrected chi connectivity index (χ3v) is 4.40. The van der Waals surface area contributed by atoms with Gasteiger partial charge in [0.15, 0.2) is 0 Å². The topological polar surface area (TPSA) is 29.5 Å². The van der Waals surface area contributed by atoms with Gasteiger partial charge in [-0.15, -0.1) is 0 Å². The van der Waals surface area contributed by atoms with Crippen LogP contribution < -0.4 is 0 Å². The third-order valence-electron chi connectivity index (χ3n) is 4.16. The lowest BCUT2D eigenvalue weighted by Crippen LogP contribution is -2.42. The van der Waals surface area contributed by atoms with Gasteiger partial charge in [-0.2, -0.15) is 0 Å². The van der Waals surface area contributed by atoms with Crippen molar-refractivity contribution in [3.8, 4) is 0 Å². The third kappa shape index (κ3) is 2.81. The summed E-state index contributed by atoms with van der Waals surface area (Å²) in [6, 6.07) is 7.46. The maximum Gasteiger partial charge on any atom is 0.0925 e. The molecule has 1 aromatic carbocycles. The van der Waals surface area contributed by atoms with Crippen LogP contribution in [0.5, 0.6) is 0 Å². The van der Waals surface area contributed by atoms with Crippen molar-refractivity contribution < 1.29 is 9.84 Å². The predicted molar refractivity (Wildman–Crippen MR) is 78.4 cm³/mol. The van der Waals surface area contributed by atoms with Crippen LogP contribution in [0.4, 0.5) is 0 Å². The highest BCUT2D eigenvalue weighted by molar-refractivity contribution is 6.30. The smallest absolute Gasteiger partial charge is 0.0925 e. The summed E-state index contributed by atoms with van der Waals surface area (Å²) in [5.41, 5.74) is -0.687. The second kappa shape index (κ2) is 4.47. The standard InChI is InChI=1S/C16H23ClO2/c1-14(2)10-13(15(3,4)19-14)16(5,18)11-7-6-8-12(17)9-11/h6-9,13,18H,10H2,1-5H3. The summed E-state index contributed by atoms with van der Waals surface area (Å²) in [5, 5.41) is 11.7. The second-order valence-corrected chi connectivity index (χ2v) is 7.32. The summed E-state index contributed by atoms with van der Waals surface area (Å²) in [6.07, 6.45) is 0.819. The molecule has 1 aliphatic rings. The Bertz CT molecular complexity index is 477. The molecule has 1 N–H and O–H groups in total. The van der Waals surface area contributed by atoms with E-state index >= 15 is 0 Å². The van der Waals surface area contributed by atoms with E-state index in [1.807, 2.05) is 45.0 Å². The number of ether oxygens (including phenoxy) is 1. The van der Waals surface area contributed by atoms with Crippen LogP contribution in [0.3, 0.4) is 0 Å². The lowest BCUT2D eigenvalue weighted by molar-refractivity contribution is -0.110. The molecule has 0 bridgehead atoms. The lowest BCUT2D eigenvalue weighted by Gasteiger charge is -2.38. The minimum absolute atomic E-state index is 0.0217. The Balaban J connectivity index is 2.39. The molecule has 1 heterocycles. The molecule has 106 valence electrons. The van der Waals surface area contributed by atoms with Crippen molar-refractivity contribution in [2.75, 3.05) is 0 Å². The maximum atomic E-state index is 11.0. The van der Waals surface area contributed by atoms with E-state index in [0.717, 1.165) is 12.0 Å². The molecule has 2 rings (SSSR count). The number of rotatable bonds is 2. The van der Waals surface area contributed by atoms with Crippen LogP contribution in [0, 0.1) is 5.92 Å². The lowest BCUT2D eigenvalue weighted by atomic mass is 9.72. The van der Waals surface area contributed by atoms with Gasteiger partial charge in [0.1, 0.15) is 0 Å². The summed E-state index contributed by atoms with van der Waals surface area (Å²) in [6.45, 7) is 10.1. The summed E-state index contributed by atoms with van der Waals surface area (Å²) < 4.78 is 6.09. The van der Waals surface area contributed by atoms with Crippen molar-refractivity contribution in [1.82, 2.24) is 0 Å². The SMILES string of the molecule is CC1(C)CC(C(C)(O)c2cccc(Cl)c2)C(C)(C)O1. The van der Waals surface area contributed by atoms with Gasteiger partial charge in [0.05, 0.1) is 16.8 Å². The minimum Gasteiger partial charge on any atom is -0.385 e. The molecule has 3 heteroatoms. The van der Waals surface area contributed by atoms with Gasteiger partial charge in [-0.1, -0.05) is 23.7 Å². The molecule has 0 aliphatic carbocycles. The quantitative estimate of drug-likeness (QED) is 0.883. The van der Waals surface area contributed by atoms with Crippen LogP contribution in [0.15, 0.2) is 24.3 Å². The van der Waals surface area contributed by atoms with Crippen molar-refractivity contribution in [2.24, 2.45) is 5.92 Å². The number of halogens is 1. The van der Waals surface area contributed by atoms with E-state index in [4.69, 9.17) is 16.3 Å². The highest BCUT2D eigenvalue weighted by Crippen LogP contribution is 2.50. The summed E-state index contributed by atoms with van der Waals surface area (Å²) in [4.78, 5) is 0. The molecule has 1 fully saturated rings. The van der Waals surface area contributed by atoms with Crippen molar-refractivity contribution in [2.45, 2.75) is 57.8 Å². The molecule has 2 atom stereocenters. The maximum absolute atomic E-state index is 11.0. The van der Waals surface area contributed by atoms with Crippen LogP contribution >= 0.6 is 11.6 Å². The fourth-order valence-electron chi connectivity index (χ4n) is 3.44. The monoisotopic (exact) mass is 282 g/mol. The number of benzene rings is 1. The summed E-state index contributed by atoms with van der Waals surface area (Å²) in [5.74, 6) is 0.0217. The summed E-state index contributed by atoms with van der Waals surface area (Å²) >= 11 is 6.04. The van der Waals surface area contributed by atoms with Gasteiger partial charge in [-0.25, -0.2) is 0 Å². The van der Waals surface area contributed by atoms with Crippen LogP contribution in [0.1, 0.15) is 46.6 Å². The van der Waals surface area contributed by atoms with Gasteiger partial charge in [-0.3, -0.25) is 0 Å². The molecule has 0 aromatic heterocycles. The Kier molecular flexibility index (Phi) is 3.49. The van der Waals surface area contributed by atoms with Gasteiger partial charge in [0, 0.05) is 10.9 Å². The first-order chi connectivity index (χ1) is 8.55. The van der Waals surface area contributed by atoms with Gasteiger partial charge in [0.2, 0.25) is 0 Å². The molecule has 0 amide bonds. The van der Waals surface area contributed by atoms with E-state index in [9.17, 15) is 5.11 Å². The van der Waals surface area contributed by atoms with Gasteiger partial charge >= 0.3 is 0 Å². The molecule has 2 unspecified atom stereocenters. The molecule has 1 aliphatic heterocycles. The molecule has 2 nitrogen and oxygen atoms in total. The van der Waals surface area contributed by atoms with E-state index in [2.05, 4.69) is 13.8 Å². The molecule has 0 saturated carbocycles. The number of hydrogen-bond acceptors (Lipinski definition) is 2. The predicted octanol–water partition coefficient (Wildman–Crippen LogP) is 4.14. The van der Waals surface area contributed by atoms with E-state index in [1.54, 1.807) is 0 Å². The van der Waals surface area contributed by atoms with Crippen LogP contribution in [-0.4, -0.2) is 16.3 Å². The zero-order valence-corrected chi connectivity index (χ0v) is 13.1. The van der Waals surface area contributed by atoms with Crippen molar-refractivity contribution >= 4 is 11.6 Å². The molecule has 19 heavy (non-hydrogen) atoms. The second-order valence-electron chi connectivity index (χ2n) is 6.88. The fraction of sp³-hybridized carbons (Fsp3) is 0.625. The number of aliphatic hydroxyl groups is 1. The van der Waals surface area contributed by atoms with Crippen molar-refractivity contribution in [3.63, 3.8) is 0 Å².